The van der Waals surface area contributed by atoms with E-state index in [9.17, 15) is 4.79 Å². The first-order valence-electron chi connectivity index (χ1n) is 6.31. The molecular weight excluding hydrogens is 294 g/mol. The molecule has 100 valence electrons. The zero-order valence-electron chi connectivity index (χ0n) is 10.8. The van der Waals surface area contributed by atoms with Gasteiger partial charge in [-0.25, -0.2) is 4.68 Å². The Morgan fingerprint density at radius 3 is 2.94 bits per heavy atom. The van der Waals surface area contributed by atoms with Crippen molar-refractivity contribution in [2.75, 3.05) is 11.9 Å². The largest absolute Gasteiger partial charge is 0.383 e. The molecule has 0 spiro atoms. The Kier molecular flexibility index (Phi) is 6.72. The topological polar surface area (TPSA) is 46.9 Å². The van der Waals surface area contributed by atoms with Crippen LogP contribution in [0.5, 0.6) is 0 Å². The van der Waals surface area contributed by atoms with Gasteiger partial charge in [-0.2, -0.15) is 5.10 Å². The van der Waals surface area contributed by atoms with Gasteiger partial charge in [0.2, 0.25) is 0 Å². The van der Waals surface area contributed by atoms with Crippen LogP contribution in [0.1, 0.15) is 32.6 Å². The zero-order chi connectivity index (χ0) is 13.4. The van der Waals surface area contributed by atoms with E-state index >= 15 is 0 Å². The summed E-state index contributed by atoms with van der Waals surface area (Å²) >= 11 is 3.31. The van der Waals surface area contributed by atoms with Crippen molar-refractivity contribution in [1.82, 2.24) is 9.78 Å². The van der Waals surface area contributed by atoms with Crippen LogP contribution in [0.15, 0.2) is 28.1 Å². The highest BCUT2D eigenvalue weighted by Crippen LogP contribution is 2.16. The molecule has 1 aromatic heterocycles. The first-order chi connectivity index (χ1) is 8.70. The molecule has 5 heteroatoms. The summed E-state index contributed by atoms with van der Waals surface area (Å²) in [6.07, 6.45) is 8.12. The number of anilines is 1. The van der Waals surface area contributed by atoms with E-state index in [-0.39, 0.29) is 5.56 Å². The minimum atomic E-state index is -0.131. The van der Waals surface area contributed by atoms with E-state index in [0.29, 0.717) is 11.0 Å². The lowest BCUT2D eigenvalue weighted by atomic mass is 10.2. The molecule has 0 aliphatic carbocycles. The quantitative estimate of drug-likeness (QED) is 0.592. The second kappa shape index (κ2) is 8.08. The molecular formula is C13H20BrN3O. The van der Waals surface area contributed by atoms with Crippen molar-refractivity contribution >= 4 is 21.6 Å². The van der Waals surface area contributed by atoms with E-state index in [1.807, 2.05) is 0 Å². The van der Waals surface area contributed by atoms with Crippen LogP contribution in [0.25, 0.3) is 0 Å². The SMILES string of the molecule is C=CCn1ncc(NCCCCCC)c(Br)c1=O. The molecule has 0 bridgehead atoms. The van der Waals surface area contributed by atoms with Crippen molar-refractivity contribution in [1.29, 1.82) is 0 Å². The molecule has 1 aromatic rings. The third-order valence-corrected chi connectivity index (χ3v) is 3.40. The van der Waals surface area contributed by atoms with Crippen LogP contribution in [-0.2, 0) is 6.54 Å². The van der Waals surface area contributed by atoms with Gasteiger partial charge < -0.3 is 5.32 Å². The third-order valence-electron chi connectivity index (χ3n) is 2.63. The molecule has 1 N–H and O–H groups in total. The predicted molar refractivity (Wildman–Crippen MR) is 79.0 cm³/mol. The number of unbranched alkanes of at least 4 members (excludes halogenated alkanes) is 3. The Hall–Kier alpha value is -1.10. The van der Waals surface area contributed by atoms with Gasteiger partial charge in [-0.15, -0.1) is 6.58 Å². The molecule has 0 saturated heterocycles. The van der Waals surface area contributed by atoms with Crippen molar-refractivity contribution in [2.24, 2.45) is 0 Å². The molecule has 18 heavy (non-hydrogen) atoms. The summed E-state index contributed by atoms with van der Waals surface area (Å²) in [7, 11) is 0. The highest BCUT2D eigenvalue weighted by Gasteiger charge is 2.07. The zero-order valence-corrected chi connectivity index (χ0v) is 12.4. The lowest BCUT2D eigenvalue weighted by Crippen LogP contribution is -2.24. The van der Waals surface area contributed by atoms with Crippen LogP contribution >= 0.6 is 15.9 Å². The average Bonchev–Trinajstić information content (AvgIpc) is 2.37. The number of hydrogen-bond donors (Lipinski definition) is 1. The lowest BCUT2D eigenvalue weighted by molar-refractivity contribution is 0.647. The number of rotatable bonds is 8. The molecule has 0 amide bonds. The highest BCUT2D eigenvalue weighted by atomic mass is 79.9. The van der Waals surface area contributed by atoms with Crippen molar-refractivity contribution < 1.29 is 0 Å². The minimum absolute atomic E-state index is 0.131. The van der Waals surface area contributed by atoms with Gasteiger partial charge in [0.15, 0.2) is 0 Å². The van der Waals surface area contributed by atoms with Gasteiger partial charge >= 0.3 is 0 Å². The van der Waals surface area contributed by atoms with Crippen molar-refractivity contribution in [3.63, 3.8) is 0 Å². The van der Waals surface area contributed by atoms with Crippen LogP contribution < -0.4 is 10.9 Å². The molecule has 0 fully saturated rings. The number of allylic oxidation sites excluding steroid dienone is 1. The predicted octanol–water partition coefficient (Wildman–Crippen LogP) is 3.18. The standard InChI is InChI=1S/C13H20BrN3O/c1-3-5-6-7-8-15-11-10-16-17(9-4-2)13(18)12(11)14/h4,10,15H,2-3,5-9H2,1H3. The molecule has 0 aliphatic rings. The van der Waals surface area contributed by atoms with Gasteiger partial charge in [-0.3, -0.25) is 4.79 Å². The molecule has 1 heterocycles. The molecule has 0 saturated carbocycles. The van der Waals surface area contributed by atoms with Crippen molar-refractivity contribution in [3.8, 4) is 0 Å². The first kappa shape index (κ1) is 15.0. The van der Waals surface area contributed by atoms with Gasteiger partial charge in [0, 0.05) is 6.54 Å². The van der Waals surface area contributed by atoms with Crippen LogP contribution in [0.3, 0.4) is 0 Å². The summed E-state index contributed by atoms with van der Waals surface area (Å²) in [6.45, 7) is 7.08. The fourth-order valence-electron chi connectivity index (χ4n) is 1.62. The number of nitrogens with one attached hydrogen (secondary N) is 1. The van der Waals surface area contributed by atoms with E-state index in [1.54, 1.807) is 12.3 Å². The molecule has 0 atom stereocenters. The summed E-state index contributed by atoms with van der Waals surface area (Å²) in [6, 6.07) is 0. The maximum absolute atomic E-state index is 11.9. The van der Waals surface area contributed by atoms with Crippen molar-refractivity contribution in [2.45, 2.75) is 39.2 Å². The molecule has 0 aromatic carbocycles. The van der Waals surface area contributed by atoms with E-state index in [0.717, 1.165) is 18.7 Å². The fraction of sp³-hybridized carbons (Fsp3) is 0.538. The second-order valence-electron chi connectivity index (χ2n) is 4.14. The fourth-order valence-corrected chi connectivity index (χ4v) is 2.06. The lowest BCUT2D eigenvalue weighted by Gasteiger charge is -2.09. The van der Waals surface area contributed by atoms with Gasteiger partial charge in [-0.1, -0.05) is 32.3 Å². The third kappa shape index (κ3) is 4.29. The monoisotopic (exact) mass is 313 g/mol. The Bertz CT molecular complexity index is 442. The van der Waals surface area contributed by atoms with Gasteiger partial charge in [0.1, 0.15) is 4.47 Å². The molecule has 1 rings (SSSR count). The Morgan fingerprint density at radius 1 is 1.50 bits per heavy atom. The van der Waals surface area contributed by atoms with Crippen molar-refractivity contribution in [3.05, 3.63) is 33.7 Å². The summed E-state index contributed by atoms with van der Waals surface area (Å²) in [4.78, 5) is 11.9. The molecule has 0 radical (unpaired) electrons. The summed E-state index contributed by atoms with van der Waals surface area (Å²) in [5, 5.41) is 7.32. The van der Waals surface area contributed by atoms with Gasteiger partial charge in [0.25, 0.3) is 5.56 Å². The normalized spacial score (nSPS) is 10.3. The van der Waals surface area contributed by atoms with Gasteiger partial charge in [0.05, 0.1) is 18.4 Å². The van der Waals surface area contributed by atoms with Crippen LogP contribution in [-0.4, -0.2) is 16.3 Å². The van der Waals surface area contributed by atoms with Gasteiger partial charge in [-0.05, 0) is 22.4 Å². The molecule has 0 unspecified atom stereocenters. The first-order valence-corrected chi connectivity index (χ1v) is 7.10. The number of halogens is 1. The van der Waals surface area contributed by atoms with E-state index in [2.05, 4.69) is 39.8 Å². The van der Waals surface area contributed by atoms with E-state index < -0.39 is 0 Å². The maximum atomic E-state index is 11.9. The minimum Gasteiger partial charge on any atom is -0.383 e. The summed E-state index contributed by atoms with van der Waals surface area (Å²) < 4.78 is 1.91. The van der Waals surface area contributed by atoms with Crippen LogP contribution in [0, 0.1) is 0 Å². The van der Waals surface area contributed by atoms with E-state index in [4.69, 9.17) is 0 Å². The summed E-state index contributed by atoms with van der Waals surface area (Å²) in [5.41, 5.74) is 0.630. The number of aromatic nitrogens is 2. The highest BCUT2D eigenvalue weighted by molar-refractivity contribution is 9.10. The Labute approximate surface area is 116 Å². The van der Waals surface area contributed by atoms with Crippen LogP contribution in [0.2, 0.25) is 0 Å². The van der Waals surface area contributed by atoms with Crippen LogP contribution in [0.4, 0.5) is 5.69 Å². The number of hydrogen-bond acceptors (Lipinski definition) is 3. The smallest absolute Gasteiger partial charge is 0.283 e. The second-order valence-corrected chi connectivity index (χ2v) is 4.93. The Morgan fingerprint density at radius 2 is 2.28 bits per heavy atom. The summed E-state index contributed by atoms with van der Waals surface area (Å²) in [5.74, 6) is 0. The molecule has 0 aliphatic heterocycles. The maximum Gasteiger partial charge on any atom is 0.283 e. The Balaban J connectivity index is 2.59. The van der Waals surface area contributed by atoms with E-state index in [1.165, 1.54) is 23.9 Å². The number of nitrogens with zero attached hydrogens (tertiary/aromatic N) is 2. The molecule has 4 nitrogen and oxygen atoms in total. The average molecular weight is 314 g/mol.